The molecule has 3 heteroatoms. The zero-order valence-corrected chi connectivity index (χ0v) is 12.0. The van der Waals surface area contributed by atoms with Crippen LogP contribution in [-0.4, -0.2) is 62.3 Å². The van der Waals surface area contributed by atoms with E-state index in [2.05, 4.69) is 30.7 Å². The molecule has 0 saturated carbocycles. The summed E-state index contributed by atoms with van der Waals surface area (Å²) in [5.41, 5.74) is 0. The molecule has 1 unspecified atom stereocenters. The van der Waals surface area contributed by atoms with Gasteiger partial charge in [-0.05, 0) is 26.8 Å². The second-order valence-electron chi connectivity index (χ2n) is 5.32. The summed E-state index contributed by atoms with van der Waals surface area (Å²) in [4.78, 5) is 4.96. The van der Waals surface area contributed by atoms with Crippen molar-refractivity contribution in [2.75, 3.05) is 46.4 Å². The average Bonchev–Trinajstić information content (AvgIpc) is 2.34. The number of hydrogen-bond acceptors (Lipinski definition) is 3. The first-order valence-corrected chi connectivity index (χ1v) is 7.25. The Morgan fingerprint density at radius 1 is 1.12 bits per heavy atom. The highest BCUT2D eigenvalue weighted by Gasteiger charge is 2.12. The summed E-state index contributed by atoms with van der Waals surface area (Å²) in [6.45, 7) is 11.4. The van der Waals surface area contributed by atoms with Crippen LogP contribution in [0.4, 0.5) is 0 Å². The lowest BCUT2D eigenvalue weighted by molar-refractivity contribution is 0.0487. The van der Waals surface area contributed by atoms with Gasteiger partial charge in [0, 0.05) is 39.3 Å². The first-order chi connectivity index (χ1) is 8.22. The first kappa shape index (κ1) is 14.9. The molecular weight excluding hydrogens is 212 g/mol. The van der Waals surface area contributed by atoms with Crippen LogP contribution in [-0.2, 0) is 4.74 Å². The molecule has 1 heterocycles. The molecule has 1 aliphatic heterocycles. The van der Waals surface area contributed by atoms with Gasteiger partial charge in [0.05, 0.1) is 6.10 Å². The molecule has 17 heavy (non-hydrogen) atoms. The fourth-order valence-corrected chi connectivity index (χ4v) is 2.22. The van der Waals surface area contributed by atoms with Gasteiger partial charge in [0.2, 0.25) is 0 Å². The Bertz CT molecular complexity index is 179. The molecule has 1 aliphatic rings. The molecule has 0 spiro atoms. The van der Waals surface area contributed by atoms with Gasteiger partial charge in [0.1, 0.15) is 0 Å². The molecule has 0 radical (unpaired) electrons. The molecule has 102 valence electrons. The lowest BCUT2D eigenvalue weighted by atomic mass is 10.2. The minimum atomic E-state index is 0.447. The first-order valence-electron chi connectivity index (χ1n) is 7.25. The van der Waals surface area contributed by atoms with Crippen LogP contribution < -0.4 is 0 Å². The lowest BCUT2D eigenvalue weighted by Crippen LogP contribution is -2.44. The highest BCUT2D eigenvalue weighted by atomic mass is 16.5. The van der Waals surface area contributed by atoms with E-state index in [1.165, 1.54) is 58.4 Å². The number of likely N-dealkylation sites (N-methyl/N-ethyl adjacent to an activating group) is 1. The van der Waals surface area contributed by atoms with Gasteiger partial charge in [-0.2, -0.15) is 0 Å². The number of ether oxygens (including phenoxy) is 1. The molecule has 1 fully saturated rings. The van der Waals surface area contributed by atoms with Crippen molar-refractivity contribution >= 4 is 0 Å². The lowest BCUT2D eigenvalue weighted by Gasteiger charge is -2.32. The van der Waals surface area contributed by atoms with Crippen LogP contribution in [0.1, 0.15) is 39.5 Å². The number of rotatable bonds is 8. The van der Waals surface area contributed by atoms with E-state index in [0.717, 1.165) is 6.61 Å². The molecule has 0 aromatic heterocycles. The van der Waals surface area contributed by atoms with E-state index in [0.29, 0.717) is 6.10 Å². The van der Waals surface area contributed by atoms with E-state index >= 15 is 0 Å². The summed E-state index contributed by atoms with van der Waals surface area (Å²) in [6, 6.07) is 0. The summed E-state index contributed by atoms with van der Waals surface area (Å²) < 4.78 is 5.82. The van der Waals surface area contributed by atoms with Crippen LogP contribution in [0.5, 0.6) is 0 Å². The Balaban J connectivity index is 1.93. The summed E-state index contributed by atoms with van der Waals surface area (Å²) >= 11 is 0. The van der Waals surface area contributed by atoms with Gasteiger partial charge in [0.15, 0.2) is 0 Å². The fourth-order valence-electron chi connectivity index (χ4n) is 2.22. The van der Waals surface area contributed by atoms with Gasteiger partial charge >= 0.3 is 0 Å². The molecule has 0 aromatic rings. The maximum absolute atomic E-state index is 5.82. The van der Waals surface area contributed by atoms with Crippen LogP contribution in [0.2, 0.25) is 0 Å². The molecule has 0 bridgehead atoms. The highest BCUT2D eigenvalue weighted by Crippen LogP contribution is 2.05. The average molecular weight is 242 g/mol. The maximum Gasteiger partial charge on any atom is 0.0547 e. The van der Waals surface area contributed by atoms with Crippen LogP contribution in [0, 0.1) is 0 Å². The van der Waals surface area contributed by atoms with Crippen molar-refractivity contribution in [2.24, 2.45) is 0 Å². The highest BCUT2D eigenvalue weighted by molar-refractivity contribution is 4.68. The topological polar surface area (TPSA) is 15.7 Å². The van der Waals surface area contributed by atoms with Crippen molar-refractivity contribution in [2.45, 2.75) is 45.6 Å². The van der Waals surface area contributed by atoms with Crippen molar-refractivity contribution in [1.82, 2.24) is 9.80 Å². The number of hydrogen-bond donors (Lipinski definition) is 0. The predicted molar refractivity (Wildman–Crippen MR) is 73.5 cm³/mol. The zero-order valence-electron chi connectivity index (χ0n) is 12.0. The largest absolute Gasteiger partial charge is 0.378 e. The Morgan fingerprint density at radius 2 is 1.82 bits per heavy atom. The van der Waals surface area contributed by atoms with Gasteiger partial charge in [-0.15, -0.1) is 0 Å². The van der Waals surface area contributed by atoms with Crippen LogP contribution >= 0.6 is 0 Å². The van der Waals surface area contributed by atoms with Crippen LogP contribution in [0.3, 0.4) is 0 Å². The molecule has 3 nitrogen and oxygen atoms in total. The summed E-state index contributed by atoms with van der Waals surface area (Å²) in [7, 11) is 2.20. The monoisotopic (exact) mass is 242 g/mol. The molecule has 0 amide bonds. The summed E-state index contributed by atoms with van der Waals surface area (Å²) in [6.07, 6.45) is 5.40. The SMILES string of the molecule is CCCCC(C)OCCCN1CCN(C)CC1. The summed E-state index contributed by atoms with van der Waals surface area (Å²) in [5, 5.41) is 0. The Kier molecular flexibility index (Phi) is 7.82. The van der Waals surface area contributed by atoms with E-state index in [4.69, 9.17) is 4.74 Å². The van der Waals surface area contributed by atoms with Gasteiger partial charge in [-0.3, -0.25) is 0 Å². The molecular formula is C14H30N2O. The number of nitrogens with zero attached hydrogens (tertiary/aromatic N) is 2. The predicted octanol–water partition coefficient (Wildman–Crippen LogP) is 2.22. The maximum atomic E-state index is 5.82. The molecule has 0 aliphatic carbocycles. The van der Waals surface area contributed by atoms with Gasteiger partial charge < -0.3 is 14.5 Å². The molecule has 1 atom stereocenters. The molecule has 0 N–H and O–H groups in total. The van der Waals surface area contributed by atoms with Gasteiger partial charge in [-0.25, -0.2) is 0 Å². The van der Waals surface area contributed by atoms with Gasteiger partial charge in [-0.1, -0.05) is 19.8 Å². The summed E-state index contributed by atoms with van der Waals surface area (Å²) in [5.74, 6) is 0. The third-order valence-electron chi connectivity index (χ3n) is 3.58. The molecule has 0 aromatic carbocycles. The molecule has 1 rings (SSSR count). The normalized spacial score (nSPS) is 20.6. The van der Waals surface area contributed by atoms with E-state index < -0.39 is 0 Å². The third-order valence-corrected chi connectivity index (χ3v) is 3.58. The Labute approximate surface area is 107 Å². The van der Waals surface area contributed by atoms with Crippen LogP contribution in [0.15, 0.2) is 0 Å². The van der Waals surface area contributed by atoms with E-state index in [1.807, 2.05) is 0 Å². The Morgan fingerprint density at radius 3 is 2.47 bits per heavy atom. The standard InChI is InChI=1S/C14H30N2O/c1-4-5-7-14(2)17-13-6-8-16-11-9-15(3)10-12-16/h14H,4-13H2,1-3H3. The smallest absolute Gasteiger partial charge is 0.0547 e. The van der Waals surface area contributed by atoms with E-state index in [9.17, 15) is 0 Å². The minimum absolute atomic E-state index is 0.447. The van der Waals surface area contributed by atoms with Crippen molar-refractivity contribution in [1.29, 1.82) is 0 Å². The second-order valence-corrected chi connectivity index (χ2v) is 5.32. The minimum Gasteiger partial charge on any atom is -0.378 e. The number of unbranched alkanes of at least 4 members (excludes halogenated alkanes) is 1. The van der Waals surface area contributed by atoms with Crippen molar-refractivity contribution in [3.8, 4) is 0 Å². The third kappa shape index (κ3) is 7.02. The zero-order chi connectivity index (χ0) is 12.5. The Hall–Kier alpha value is -0.120. The number of piperazine rings is 1. The van der Waals surface area contributed by atoms with Crippen molar-refractivity contribution in [3.05, 3.63) is 0 Å². The van der Waals surface area contributed by atoms with Crippen molar-refractivity contribution < 1.29 is 4.74 Å². The quantitative estimate of drug-likeness (QED) is 0.607. The van der Waals surface area contributed by atoms with Crippen LogP contribution in [0.25, 0.3) is 0 Å². The molecule has 1 saturated heterocycles. The van der Waals surface area contributed by atoms with Crippen molar-refractivity contribution in [3.63, 3.8) is 0 Å². The second kappa shape index (κ2) is 8.90. The van der Waals surface area contributed by atoms with E-state index in [-0.39, 0.29) is 0 Å². The van der Waals surface area contributed by atoms with E-state index in [1.54, 1.807) is 0 Å². The fraction of sp³-hybridized carbons (Fsp3) is 1.00. The van der Waals surface area contributed by atoms with Gasteiger partial charge in [0.25, 0.3) is 0 Å².